The van der Waals surface area contributed by atoms with E-state index in [0.717, 1.165) is 12.6 Å². The number of nitro groups is 1. The third-order valence-corrected chi connectivity index (χ3v) is 3.40. The number of carbonyl (C=O) groups excluding carboxylic acids is 1. The third kappa shape index (κ3) is 3.92. The molecular weight excluding hydrogens is 300 g/mol. The van der Waals surface area contributed by atoms with E-state index in [0.29, 0.717) is 17.4 Å². The molecule has 1 amide bonds. The van der Waals surface area contributed by atoms with Gasteiger partial charge in [0.15, 0.2) is 0 Å². The van der Waals surface area contributed by atoms with E-state index in [1.807, 2.05) is 13.8 Å². The normalized spacial score (nSPS) is 12.1. The summed E-state index contributed by atoms with van der Waals surface area (Å²) >= 11 is 0. The number of nitrogens with zero attached hydrogens (tertiary/aromatic N) is 1. The van der Waals surface area contributed by atoms with Gasteiger partial charge in [-0.25, -0.2) is 0 Å². The lowest BCUT2D eigenvalue weighted by Crippen LogP contribution is -2.39. The fraction of sp³-hybridized carbons (Fsp3) is 0.333. The Morgan fingerprint density at radius 3 is 2.78 bits per heavy atom. The van der Waals surface area contributed by atoms with E-state index >= 15 is 0 Å². The predicted octanol–water partition coefficient (Wildman–Crippen LogP) is 1.16. The van der Waals surface area contributed by atoms with Gasteiger partial charge in [-0.3, -0.25) is 19.7 Å². The molecule has 1 atom stereocenters. The maximum Gasteiger partial charge on any atom is 0.270 e. The lowest BCUT2D eigenvalue weighted by molar-refractivity contribution is -0.384. The number of aromatic nitrogens is 1. The van der Waals surface area contributed by atoms with Gasteiger partial charge < -0.3 is 15.6 Å². The van der Waals surface area contributed by atoms with E-state index in [-0.39, 0.29) is 17.3 Å². The second-order valence-corrected chi connectivity index (χ2v) is 5.20. The number of H-pyrrole nitrogens is 1. The highest BCUT2D eigenvalue weighted by Gasteiger charge is 2.15. The molecule has 0 bridgehead atoms. The molecule has 0 aliphatic carbocycles. The molecule has 0 spiro atoms. The summed E-state index contributed by atoms with van der Waals surface area (Å²) < 4.78 is 0. The lowest BCUT2D eigenvalue weighted by atomic mass is 10.1. The fourth-order valence-corrected chi connectivity index (χ4v) is 2.30. The molecule has 1 aromatic carbocycles. The van der Waals surface area contributed by atoms with Crippen LogP contribution >= 0.6 is 0 Å². The first-order valence-corrected chi connectivity index (χ1v) is 7.25. The summed E-state index contributed by atoms with van der Waals surface area (Å²) in [5.74, 6) is -0.439. The van der Waals surface area contributed by atoms with Gasteiger partial charge in [-0.15, -0.1) is 0 Å². The van der Waals surface area contributed by atoms with Crippen molar-refractivity contribution in [2.24, 2.45) is 0 Å². The molecule has 122 valence electrons. The van der Waals surface area contributed by atoms with Crippen LogP contribution in [0.5, 0.6) is 0 Å². The number of nitro benzene ring substituents is 1. The number of hydrogen-bond donors (Lipinski definition) is 3. The molecule has 0 aliphatic rings. The Morgan fingerprint density at radius 1 is 1.39 bits per heavy atom. The van der Waals surface area contributed by atoms with Crippen molar-refractivity contribution in [1.82, 2.24) is 15.6 Å². The number of amides is 1. The fourth-order valence-electron chi connectivity index (χ4n) is 2.30. The van der Waals surface area contributed by atoms with Gasteiger partial charge in [0.05, 0.1) is 10.5 Å². The van der Waals surface area contributed by atoms with Crippen molar-refractivity contribution in [3.63, 3.8) is 0 Å². The van der Waals surface area contributed by atoms with Crippen LogP contribution in [0.3, 0.4) is 0 Å². The SMILES string of the molecule is CCN[C@H](C)CNC(=O)c1cc(=O)[nH]c2ccc([N+](=O)[O-])cc12. The van der Waals surface area contributed by atoms with Crippen LogP contribution in [0, 0.1) is 10.1 Å². The minimum absolute atomic E-state index is 0.0755. The number of carbonyl (C=O) groups is 1. The van der Waals surface area contributed by atoms with E-state index in [2.05, 4.69) is 15.6 Å². The minimum atomic E-state index is -0.542. The number of aromatic amines is 1. The molecular formula is C15H18N4O4. The van der Waals surface area contributed by atoms with Gasteiger partial charge in [0.2, 0.25) is 5.56 Å². The Labute approximate surface area is 132 Å². The maximum absolute atomic E-state index is 12.3. The van der Waals surface area contributed by atoms with Crippen molar-refractivity contribution in [1.29, 1.82) is 0 Å². The van der Waals surface area contributed by atoms with Crippen LogP contribution in [0.25, 0.3) is 10.9 Å². The number of nitrogens with one attached hydrogen (secondary N) is 3. The zero-order valence-corrected chi connectivity index (χ0v) is 12.9. The molecule has 3 N–H and O–H groups in total. The Hall–Kier alpha value is -2.74. The average molecular weight is 318 g/mol. The van der Waals surface area contributed by atoms with Crippen LogP contribution in [0.15, 0.2) is 29.1 Å². The monoisotopic (exact) mass is 318 g/mol. The Morgan fingerprint density at radius 2 is 2.13 bits per heavy atom. The molecule has 1 heterocycles. The average Bonchev–Trinajstić information content (AvgIpc) is 2.51. The molecule has 0 radical (unpaired) electrons. The summed E-state index contributed by atoms with van der Waals surface area (Å²) in [7, 11) is 0. The zero-order valence-electron chi connectivity index (χ0n) is 12.9. The van der Waals surface area contributed by atoms with E-state index in [1.54, 1.807) is 0 Å². The molecule has 1 aromatic heterocycles. The van der Waals surface area contributed by atoms with E-state index in [4.69, 9.17) is 0 Å². The highest BCUT2D eigenvalue weighted by molar-refractivity contribution is 6.06. The van der Waals surface area contributed by atoms with Crippen molar-refractivity contribution >= 4 is 22.5 Å². The molecule has 23 heavy (non-hydrogen) atoms. The highest BCUT2D eigenvalue weighted by atomic mass is 16.6. The molecule has 2 aromatic rings. The Balaban J connectivity index is 2.38. The highest BCUT2D eigenvalue weighted by Crippen LogP contribution is 2.21. The molecule has 0 saturated carbocycles. The van der Waals surface area contributed by atoms with Crippen molar-refractivity contribution in [3.05, 3.63) is 50.3 Å². The van der Waals surface area contributed by atoms with Crippen LogP contribution in [0.1, 0.15) is 24.2 Å². The summed E-state index contributed by atoms with van der Waals surface area (Å²) in [4.78, 5) is 37.0. The Kier molecular flexibility index (Phi) is 5.07. The number of fused-ring (bicyclic) bond motifs is 1. The summed E-state index contributed by atoms with van der Waals surface area (Å²) in [5.41, 5.74) is -0.0695. The van der Waals surface area contributed by atoms with Gasteiger partial charge in [-0.1, -0.05) is 6.92 Å². The third-order valence-electron chi connectivity index (χ3n) is 3.40. The van der Waals surface area contributed by atoms with Gasteiger partial charge in [0, 0.05) is 41.7 Å². The first kappa shape index (κ1) is 16.6. The minimum Gasteiger partial charge on any atom is -0.350 e. The van der Waals surface area contributed by atoms with Crippen LogP contribution in [-0.2, 0) is 0 Å². The van der Waals surface area contributed by atoms with Gasteiger partial charge in [0.1, 0.15) is 0 Å². The molecule has 8 heteroatoms. The lowest BCUT2D eigenvalue weighted by Gasteiger charge is -2.13. The first-order chi connectivity index (χ1) is 10.9. The smallest absolute Gasteiger partial charge is 0.270 e. The molecule has 0 saturated heterocycles. The number of hydrogen-bond acceptors (Lipinski definition) is 5. The van der Waals surface area contributed by atoms with Crippen LogP contribution in [0.4, 0.5) is 5.69 Å². The van der Waals surface area contributed by atoms with Gasteiger partial charge in [0.25, 0.3) is 11.6 Å². The second-order valence-electron chi connectivity index (χ2n) is 5.20. The van der Waals surface area contributed by atoms with Crippen LogP contribution in [0.2, 0.25) is 0 Å². The molecule has 0 aliphatic heterocycles. The summed E-state index contributed by atoms with van der Waals surface area (Å²) in [5, 5.41) is 17.1. The van der Waals surface area contributed by atoms with Gasteiger partial charge in [-0.2, -0.15) is 0 Å². The van der Waals surface area contributed by atoms with Gasteiger partial charge in [-0.05, 0) is 19.5 Å². The number of likely N-dealkylation sites (N-methyl/N-ethyl adjacent to an activating group) is 1. The molecule has 0 unspecified atom stereocenters. The maximum atomic E-state index is 12.3. The zero-order chi connectivity index (χ0) is 17.0. The molecule has 2 rings (SSSR count). The van der Waals surface area contributed by atoms with Crippen molar-refractivity contribution in [3.8, 4) is 0 Å². The first-order valence-electron chi connectivity index (χ1n) is 7.25. The number of rotatable bonds is 6. The van der Waals surface area contributed by atoms with Crippen molar-refractivity contribution < 1.29 is 9.72 Å². The molecule has 0 fully saturated rings. The van der Waals surface area contributed by atoms with Gasteiger partial charge >= 0.3 is 0 Å². The Bertz CT molecular complexity index is 800. The van der Waals surface area contributed by atoms with E-state index < -0.39 is 16.4 Å². The second kappa shape index (κ2) is 7.01. The summed E-state index contributed by atoms with van der Waals surface area (Å²) in [6, 6.07) is 5.22. The number of benzene rings is 1. The van der Waals surface area contributed by atoms with E-state index in [1.165, 1.54) is 18.2 Å². The standard InChI is InChI=1S/C15H18N4O4/c1-3-16-9(2)8-17-15(21)12-7-14(20)18-13-5-4-10(19(22)23)6-11(12)13/h4-7,9,16H,3,8H2,1-2H3,(H,17,21)(H,18,20)/t9-/m1/s1. The summed E-state index contributed by atoms with van der Waals surface area (Å²) in [6.45, 7) is 5.04. The number of pyridine rings is 1. The van der Waals surface area contributed by atoms with Crippen LogP contribution in [-0.4, -0.2) is 34.9 Å². The summed E-state index contributed by atoms with van der Waals surface area (Å²) in [6.07, 6.45) is 0. The molecule has 8 nitrogen and oxygen atoms in total. The quantitative estimate of drug-likeness (QED) is 0.546. The largest absolute Gasteiger partial charge is 0.350 e. The van der Waals surface area contributed by atoms with Crippen molar-refractivity contribution in [2.45, 2.75) is 19.9 Å². The topological polar surface area (TPSA) is 117 Å². The number of non-ortho nitro benzene ring substituents is 1. The van der Waals surface area contributed by atoms with Crippen LogP contribution < -0.4 is 16.2 Å². The van der Waals surface area contributed by atoms with Crippen molar-refractivity contribution in [2.75, 3.05) is 13.1 Å². The van der Waals surface area contributed by atoms with E-state index in [9.17, 15) is 19.7 Å². The predicted molar refractivity (Wildman–Crippen MR) is 86.7 cm³/mol.